The summed E-state index contributed by atoms with van der Waals surface area (Å²) in [6, 6.07) is 3.67. The molecule has 0 bridgehead atoms. The van der Waals surface area contributed by atoms with Gasteiger partial charge in [0.25, 0.3) is 0 Å². The summed E-state index contributed by atoms with van der Waals surface area (Å²) in [4.78, 5) is 18.4. The summed E-state index contributed by atoms with van der Waals surface area (Å²) in [5, 5.41) is 7.57. The molecule has 2 aromatic rings. The Morgan fingerprint density at radius 2 is 2.32 bits per heavy atom. The highest BCUT2D eigenvalue weighted by atomic mass is 35.5. The maximum atomic E-state index is 12.2. The number of nitrogens with zero attached hydrogens (tertiary/aromatic N) is 4. The highest BCUT2D eigenvalue weighted by Crippen LogP contribution is 2.31. The van der Waals surface area contributed by atoms with E-state index < -0.39 is 0 Å². The van der Waals surface area contributed by atoms with Gasteiger partial charge < -0.3 is 5.32 Å². The molecule has 2 aromatic heterocycles. The van der Waals surface area contributed by atoms with E-state index in [4.69, 9.17) is 11.6 Å². The van der Waals surface area contributed by atoms with Gasteiger partial charge in [0.2, 0.25) is 5.91 Å². The van der Waals surface area contributed by atoms with Gasteiger partial charge in [-0.15, -0.1) is 0 Å². The molecule has 0 aliphatic carbocycles. The molecule has 1 fully saturated rings. The van der Waals surface area contributed by atoms with Crippen LogP contribution in [0.2, 0.25) is 5.02 Å². The number of rotatable bonds is 4. The van der Waals surface area contributed by atoms with Crippen LogP contribution in [0.15, 0.2) is 30.7 Å². The van der Waals surface area contributed by atoms with Gasteiger partial charge >= 0.3 is 0 Å². The van der Waals surface area contributed by atoms with Gasteiger partial charge in [0.15, 0.2) is 0 Å². The first-order valence-electron chi connectivity index (χ1n) is 7.26. The van der Waals surface area contributed by atoms with Crippen LogP contribution in [0.4, 0.5) is 5.82 Å². The lowest BCUT2D eigenvalue weighted by molar-refractivity contribution is -0.117. The third-order valence-electron chi connectivity index (χ3n) is 3.81. The minimum absolute atomic E-state index is 0.0642. The number of hydrogen-bond acceptors (Lipinski definition) is 4. The first-order chi connectivity index (χ1) is 10.6. The van der Waals surface area contributed by atoms with Crippen molar-refractivity contribution in [3.05, 3.63) is 41.3 Å². The third-order valence-corrected chi connectivity index (χ3v) is 4.04. The summed E-state index contributed by atoms with van der Waals surface area (Å²) in [5.74, 6) is 0.456. The van der Waals surface area contributed by atoms with Gasteiger partial charge in [-0.3, -0.25) is 14.4 Å². The van der Waals surface area contributed by atoms with E-state index in [0.29, 0.717) is 17.4 Å². The summed E-state index contributed by atoms with van der Waals surface area (Å²) < 4.78 is 1.80. The fourth-order valence-corrected chi connectivity index (χ4v) is 2.93. The second-order valence-corrected chi connectivity index (χ2v) is 5.92. The third kappa shape index (κ3) is 3.45. The molecule has 1 aliphatic heterocycles. The van der Waals surface area contributed by atoms with E-state index in [1.165, 1.54) is 6.20 Å². The van der Waals surface area contributed by atoms with Gasteiger partial charge in [0.05, 0.1) is 17.8 Å². The molecule has 1 N–H and O–H groups in total. The molecule has 22 heavy (non-hydrogen) atoms. The van der Waals surface area contributed by atoms with Crippen molar-refractivity contribution in [1.82, 2.24) is 19.7 Å². The molecular weight excluding hydrogens is 302 g/mol. The lowest BCUT2D eigenvalue weighted by Crippen LogP contribution is -2.33. The number of hydrogen-bond donors (Lipinski definition) is 1. The zero-order valence-electron chi connectivity index (χ0n) is 12.4. The molecular formula is C15H18ClN5O. The van der Waals surface area contributed by atoms with Crippen molar-refractivity contribution < 1.29 is 4.79 Å². The van der Waals surface area contributed by atoms with E-state index in [9.17, 15) is 4.79 Å². The Labute approximate surface area is 134 Å². The molecule has 1 amide bonds. The van der Waals surface area contributed by atoms with Crippen molar-refractivity contribution in [3.8, 4) is 0 Å². The fourth-order valence-electron chi connectivity index (χ4n) is 2.82. The lowest BCUT2D eigenvalue weighted by Gasteiger charge is -2.22. The van der Waals surface area contributed by atoms with Crippen LogP contribution in [0.3, 0.4) is 0 Å². The summed E-state index contributed by atoms with van der Waals surface area (Å²) in [6.07, 6.45) is 7.55. The van der Waals surface area contributed by atoms with E-state index in [1.807, 2.05) is 19.4 Å². The molecule has 3 heterocycles. The summed E-state index contributed by atoms with van der Waals surface area (Å²) in [5.41, 5.74) is 1.16. The largest absolute Gasteiger partial charge is 0.310 e. The van der Waals surface area contributed by atoms with Gasteiger partial charge in [0.1, 0.15) is 5.82 Å². The van der Waals surface area contributed by atoms with Crippen LogP contribution in [0.5, 0.6) is 0 Å². The first kappa shape index (κ1) is 15.0. The Morgan fingerprint density at radius 1 is 1.45 bits per heavy atom. The molecule has 116 valence electrons. The van der Waals surface area contributed by atoms with Gasteiger partial charge in [-0.1, -0.05) is 11.6 Å². The Bertz CT molecular complexity index is 654. The number of likely N-dealkylation sites (tertiary alicyclic amines) is 1. The molecule has 1 atom stereocenters. The molecule has 7 heteroatoms. The van der Waals surface area contributed by atoms with E-state index in [-0.39, 0.29) is 11.9 Å². The van der Waals surface area contributed by atoms with E-state index in [0.717, 1.165) is 24.9 Å². The monoisotopic (exact) mass is 319 g/mol. The highest BCUT2D eigenvalue weighted by molar-refractivity contribution is 6.30. The van der Waals surface area contributed by atoms with E-state index >= 15 is 0 Å². The van der Waals surface area contributed by atoms with Gasteiger partial charge in [-0.2, -0.15) is 5.10 Å². The van der Waals surface area contributed by atoms with E-state index in [2.05, 4.69) is 20.3 Å². The van der Waals surface area contributed by atoms with Crippen LogP contribution < -0.4 is 5.32 Å². The van der Waals surface area contributed by atoms with Crippen LogP contribution in [-0.4, -0.2) is 38.7 Å². The van der Waals surface area contributed by atoms with Crippen LogP contribution in [0.1, 0.15) is 24.4 Å². The second-order valence-electron chi connectivity index (χ2n) is 5.49. The zero-order chi connectivity index (χ0) is 15.5. The number of anilines is 1. The first-order valence-corrected chi connectivity index (χ1v) is 7.63. The number of carbonyl (C=O) groups is 1. The average Bonchev–Trinajstić information content (AvgIpc) is 3.10. The van der Waals surface area contributed by atoms with Crippen molar-refractivity contribution in [3.63, 3.8) is 0 Å². The molecule has 0 spiro atoms. The number of aromatic nitrogens is 3. The SMILES string of the molecule is Cn1cc(C2CCCN2CC(=O)Nc2ccc(Cl)cn2)cn1. The summed E-state index contributed by atoms with van der Waals surface area (Å²) in [6.45, 7) is 1.27. The average molecular weight is 320 g/mol. The molecule has 6 nitrogen and oxygen atoms in total. The zero-order valence-corrected chi connectivity index (χ0v) is 13.1. The summed E-state index contributed by atoms with van der Waals surface area (Å²) in [7, 11) is 1.90. The highest BCUT2D eigenvalue weighted by Gasteiger charge is 2.28. The van der Waals surface area contributed by atoms with Crippen LogP contribution in [0.25, 0.3) is 0 Å². The van der Waals surface area contributed by atoms with Crippen molar-refractivity contribution in [2.75, 3.05) is 18.4 Å². The number of carbonyl (C=O) groups excluding carboxylic acids is 1. The fraction of sp³-hybridized carbons (Fsp3) is 0.400. The van der Waals surface area contributed by atoms with E-state index in [1.54, 1.807) is 16.8 Å². The van der Waals surface area contributed by atoms with Crippen LogP contribution in [-0.2, 0) is 11.8 Å². The van der Waals surface area contributed by atoms with Gasteiger partial charge in [-0.25, -0.2) is 4.98 Å². The maximum absolute atomic E-state index is 12.2. The molecule has 0 saturated carbocycles. The van der Waals surface area contributed by atoms with Crippen molar-refractivity contribution in [1.29, 1.82) is 0 Å². The normalized spacial score (nSPS) is 18.5. The molecule has 0 radical (unpaired) electrons. The Kier molecular flexibility index (Phi) is 4.40. The number of amides is 1. The minimum atomic E-state index is -0.0642. The topological polar surface area (TPSA) is 63.1 Å². The number of nitrogens with one attached hydrogen (secondary N) is 1. The molecule has 1 aliphatic rings. The molecule has 1 unspecified atom stereocenters. The quantitative estimate of drug-likeness (QED) is 0.939. The maximum Gasteiger partial charge on any atom is 0.239 e. The van der Waals surface area contributed by atoms with Crippen LogP contribution >= 0.6 is 11.6 Å². The Hall–Kier alpha value is -1.92. The second kappa shape index (κ2) is 6.46. The number of halogens is 1. The predicted octanol–water partition coefficient (Wildman–Crippen LogP) is 2.24. The predicted molar refractivity (Wildman–Crippen MR) is 84.6 cm³/mol. The smallest absolute Gasteiger partial charge is 0.239 e. The Morgan fingerprint density at radius 3 is 3.00 bits per heavy atom. The van der Waals surface area contributed by atoms with Gasteiger partial charge in [-0.05, 0) is 31.5 Å². The van der Waals surface area contributed by atoms with Crippen molar-refractivity contribution in [2.24, 2.45) is 7.05 Å². The molecule has 0 aromatic carbocycles. The van der Waals surface area contributed by atoms with Crippen molar-refractivity contribution in [2.45, 2.75) is 18.9 Å². The van der Waals surface area contributed by atoms with Crippen molar-refractivity contribution >= 4 is 23.3 Å². The number of aryl methyl sites for hydroxylation is 1. The minimum Gasteiger partial charge on any atom is -0.310 e. The molecule has 3 rings (SSSR count). The molecule has 1 saturated heterocycles. The number of pyridine rings is 1. The lowest BCUT2D eigenvalue weighted by atomic mass is 10.1. The Balaban J connectivity index is 1.61. The van der Waals surface area contributed by atoms with Crippen LogP contribution in [0, 0.1) is 0 Å². The summed E-state index contributed by atoms with van der Waals surface area (Å²) >= 11 is 5.78. The van der Waals surface area contributed by atoms with Gasteiger partial charge in [0, 0.05) is 31.0 Å². The standard InChI is InChI=1S/C15H18ClN5O/c1-20-9-11(7-18-20)13-3-2-6-21(13)10-15(22)19-14-5-4-12(16)8-17-14/h4-5,7-9,13H,2-3,6,10H2,1H3,(H,17,19,22).